The molecular formula is C21H21F2N5O3. The highest BCUT2D eigenvalue weighted by Crippen LogP contribution is 2.40. The van der Waals surface area contributed by atoms with Gasteiger partial charge in [-0.2, -0.15) is 10.2 Å². The summed E-state index contributed by atoms with van der Waals surface area (Å²) in [6, 6.07) is 10.2. The largest absolute Gasteiger partial charge is 0.462 e. The molecule has 1 aromatic carbocycles. The van der Waals surface area contributed by atoms with E-state index in [1.807, 2.05) is 6.07 Å². The van der Waals surface area contributed by atoms with Crippen LogP contribution >= 0.6 is 0 Å². The topological polar surface area (TPSA) is 91.0 Å². The summed E-state index contributed by atoms with van der Waals surface area (Å²) in [5.74, 6) is -0.988. The highest BCUT2D eigenvalue weighted by molar-refractivity contribution is 6.00. The molecule has 1 aliphatic carbocycles. The van der Waals surface area contributed by atoms with E-state index in [4.69, 9.17) is 4.74 Å². The number of nitrogens with zero attached hydrogens (tertiary/aromatic N) is 4. The van der Waals surface area contributed by atoms with Gasteiger partial charge in [0, 0.05) is 5.92 Å². The molecule has 162 valence electrons. The van der Waals surface area contributed by atoms with Crippen molar-refractivity contribution >= 4 is 17.7 Å². The van der Waals surface area contributed by atoms with Crippen molar-refractivity contribution in [1.29, 1.82) is 0 Å². The van der Waals surface area contributed by atoms with Crippen LogP contribution in [0, 0.1) is 0 Å². The van der Waals surface area contributed by atoms with Gasteiger partial charge in [-0.3, -0.25) is 9.48 Å². The first-order valence-electron chi connectivity index (χ1n) is 9.94. The van der Waals surface area contributed by atoms with Crippen LogP contribution in [0.1, 0.15) is 53.9 Å². The molecule has 1 saturated carbocycles. The number of hydrogen-bond acceptors (Lipinski definition) is 5. The molecule has 0 saturated heterocycles. The number of hydrogen-bond donors (Lipinski definition) is 1. The number of esters is 1. The smallest absolute Gasteiger partial charge is 0.343 e. The first kappa shape index (κ1) is 20.7. The number of alkyl halides is 2. The molecule has 0 spiro atoms. The number of carbonyl (C=O) groups excluding carboxylic acids is 2. The fraction of sp³-hybridized carbons (Fsp3) is 0.333. The van der Waals surface area contributed by atoms with Gasteiger partial charge in [-0.1, -0.05) is 18.2 Å². The van der Waals surface area contributed by atoms with E-state index in [0.29, 0.717) is 11.4 Å². The lowest BCUT2D eigenvalue weighted by Gasteiger charge is -2.12. The Morgan fingerprint density at radius 2 is 2.00 bits per heavy atom. The maximum atomic E-state index is 13.4. The number of carbonyl (C=O) groups is 2. The number of benzene rings is 1. The van der Waals surface area contributed by atoms with Gasteiger partial charge < -0.3 is 10.1 Å². The summed E-state index contributed by atoms with van der Waals surface area (Å²) in [4.78, 5) is 25.1. The molecule has 3 aromatic rings. The lowest BCUT2D eigenvalue weighted by molar-refractivity contribution is -0.117. The Kier molecular flexibility index (Phi) is 5.79. The van der Waals surface area contributed by atoms with Crippen molar-refractivity contribution in [2.75, 3.05) is 11.9 Å². The van der Waals surface area contributed by atoms with E-state index in [9.17, 15) is 18.4 Å². The number of ether oxygens (including phenoxy) is 1. The van der Waals surface area contributed by atoms with E-state index < -0.39 is 24.8 Å². The van der Waals surface area contributed by atoms with Gasteiger partial charge in [0.2, 0.25) is 5.91 Å². The Labute approximate surface area is 176 Å². The lowest BCUT2D eigenvalue weighted by atomic mass is 10.3. The molecule has 31 heavy (non-hydrogen) atoms. The van der Waals surface area contributed by atoms with E-state index in [-0.39, 0.29) is 29.6 Å². The molecule has 0 atom stereocenters. The summed E-state index contributed by atoms with van der Waals surface area (Å²) in [6.07, 6.45) is 0.359. The van der Waals surface area contributed by atoms with E-state index in [1.165, 1.54) is 16.9 Å². The summed E-state index contributed by atoms with van der Waals surface area (Å²) in [6.45, 7) is 1.39. The Hall–Kier alpha value is -3.56. The van der Waals surface area contributed by atoms with Crippen LogP contribution < -0.4 is 5.32 Å². The number of aromatic nitrogens is 4. The van der Waals surface area contributed by atoms with Crippen molar-refractivity contribution < 1.29 is 23.1 Å². The lowest BCUT2D eigenvalue weighted by Crippen LogP contribution is -2.24. The molecule has 4 rings (SSSR count). The minimum absolute atomic E-state index is 0.0623. The van der Waals surface area contributed by atoms with Gasteiger partial charge in [0.05, 0.1) is 24.2 Å². The predicted molar refractivity (Wildman–Crippen MR) is 107 cm³/mol. The number of nitrogens with one attached hydrogen (secondary N) is 1. The zero-order valence-corrected chi connectivity index (χ0v) is 16.8. The number of para-hydroxylation sites is 1. The third kappa shape index (κ3) is 4.47. The van der Waals surface area contributed by atoms with Crippen LogP contribution in [0.2, 0.25) is 0 Å². The van der Waals surface area contributed by atoms with E-state index in [1.54, 1.807) is 31.2 Å². The third-order valence-electron chi connectivity index (χ3n) is 4.87. The van der Waals surface area contributed by atoms with Crippen molar-refractivity contribution in [3.8, 4) is 5.69 Å². The molecule has 2 aromatic heterocycles. The average molecular weight is 429 g/mol. The van der Waals surface area contributed by atoms with Crippen LogP contribution in [0.25, 0.3) is 5.69 Å². The fourth-order valence-electron chi connectivity index (χ4n) is 3.23. The van der Waals surface area contributed by atoms with Gasteiger partial charge in [-0.25, -0.2) is 18.3 Å². The normalized spacial score (nSPS) is 13.4. The van der Waals surface area contributed by atoms with E-state index >= 15 is 0 Å². The molecule has 1 fully saturated rings. The first-order valence-corrected chi connectivity index (χ1v) is 9.94. The molecule has 1 N–H and O–H groups in total. The molecule has 0 unspecified atom stereocenters. The molecule has 0 bridgehead atoms. The second-order valence-electron chi connectivity index (χ2n) is 7.15. The molecule has 1 aliphatic rings. The molecule has 8 nitrogen and oxygen atoms in total. The number of amides is 1. The molecule has 0 aliphatic heterocycles. The van der Waals surface area contributed by atoms with Crippen molar-refractivity contribution in [3.05, 3.63) is 59.5 Å². The zero-order valence-electron chi connectivity index (χ0n) is 16.8. The van der Waals surface area contributed by atoms with Crippen LogP contribution in [0.4, 0.5) is 14.6 Å². The molecule has 10 heteroatoms. The van der Waals surface area contributed by atoms with E-state index in [2.05, 4.69) is 15.5 Å². The van der Waals surface area contributed by atoms with Gasteiger partial charge in [0.15, 0.2) is 5.82 Å². The Morgan fingerprint density at radius 1 is 1.26 bits per heavy atom. The van der Waals surface area contributed by atoms with Crippen LogP contribution in [0.5, 0.6) is 0 Å². The van der Waals surface area contributed by atoms with Crippen LogP contribution in [0.15, 0.2) is 42.6 Å². The summed E-state index contributed by atoms with van der Waals surface area (Å²) in [5.41, 5.74) is 0.938. The highest BCUT2D eigenvalue weighted by Gasteiger charge is 2.30. The number of halogens is 2. The zero-order chi connectivity index (χ0) is 22.0. The van der Waals surface area contributed by atoms with Crippen molar-refractivity contribution in [2.45, 2.75) is 38.7 Å². The van der Waals surface area contributed by atoms with Gasteiger partial charge in [0.1, 0.15) is 17.8 Å². The second-order valence-corrected chi connectivity index (χ2v) is 7.15. The van der Waals surface area contributed by atoms with Crippen LogP contribution in [0.3, 0.4) is 0 Å². The standard InChI is InChI=1S/C21H21F2N5O3/c1-2-31-21(30)15-11-24-28(14-6-4-3-5-7-14)20(15)25-18(29)12-27-17(19(22)23)10-16(26-27)13-8-9-13/h3-7,10-11,13,19H,2,8-9,12H2,1H3,(H,25,29). The number of rotatable bonds is 8. The summed E-state index contributed by atoms with van der Waals surface area (Å²) >= 11 is 0. The third-order valence-corrected chi connectivity index (χ3v) is 4.87. The Balaban J connectivity index is 1.61. The molecule has 2 heterocycles. The Bertz CT molecular complexity index is 1090. The van der Waals surface area contributed by atoms with Crippen molar-refractivity contribution in [3.63, 3.8) is 0 Å². The summed E-state index contributed by atoms with van der Waals surface area (Å²) < 4.78 is 34.3. The van der Waals surface area contributed by atoms with Crippen LogP contribution in [-0.2, 0) is 16.1 Å². The summed E-state index contributed by atoms with van der Waals surface area (Å²) in [5, 5.41) is 11.0. The van der Waals surface area contributed by atoms with Gasteiger partial charge in [-0.05, 0) is 38.0 Å². The van der Waals surface area contributed by atoms with Crippen LogP contribution in [-0.4, -0.2) is 38.0 Å². The SMILES string of the molecule is CCOC(=O)c1cnn(-c2ccccc2)c1NC(=O)Cn1nc(C2CC2)cc1C(F)F. The second kappa shape index (κ2) is 8.66. The maximum Gasteiger partial charge on any atom is 0.343 e. The number of anilines is 1. The quantitative estimate of drug-likeness (QED) is 0.552. The van der Waals surface area contributed by atoms with E-state index in [0.717, 1.165) is 17.5 Å². The maximum absolute atomic E-state index is 13.4. The predicted octanol–water partition coefficient (Wildman–Crippen LogP) is 3.70. The molecule has 0 radical (unpaired) electrons. The molecule has 1 amide bonds. The Morgan fingerprint density at radius 3 is 2.65 bits per heavy atom. The highest BCUT2D eigenvalue weighted by atomic mass is 19.3. The van der Waals surface area contributed by atoms with Gasteiger partial charge in [-0.15, -0.1) is 0 Å². The molecular weight excluding hydrogens is 408 g/mol. The fourth-order valence-corrected chi connectivity index (χ4v) is 3.23. The van der Waals surface area contributed by atoms with Crippen molar-refractivity contribution in [2.24, 2.45) is 0 Å². The van der Waals surface area contributed by atoms with Crippen molar-refractivity contribution in [1.82, 2.24) is 19.6 Å². The first-order chi connectivity index (χ1) is 15.0. The minimum Gasteiger partial charge on any atom is -0.462 e. The monoisotopic (exact) mass is 429 g/mol. The van der Waals surface area contributed by atoms with Gasteiger partial charge in [0.25, 0.3) is 6.43 Å². The minimum atomic E-state index is -2.75. The van der Waals surface area contributed by atoms with Gasteiger partial charge >= 0.3 is 5.97 Å². The summed E-state index contributed by atoms with van der Waals surface area (Å²) in [7, 11) is 0. The average Bonchev–Trinajstić information content (AvgIpc) is 3.38.